The lowest BCUT2D eigenvalue weighted by molar-refractivity contribution is 0.0963. The molecule has 0 unspecified atom stereocenters. The normalized spacial score (nSPS) is 12.0. The first-order chi connectivity index (χ1) is 13.2. The topological polar surface area (TPSA) is 80.5 Å². The van der Waals surface area contributed by atoms with E-state index >= 15 is 0 Å². The molecule has 0 fully saturated rings. The molecule has 1 N–H and O–H groups in total. The third-order valence-electron chi connectivity index (χ3n) is 4.64. The number of imidazole rings is 1. The van der Waals surface area contributed by atoms with Crippen LogP contribution >= 0.6 is 15.9 Å². The van der Waals surface area contributed by atoms with Crippen LogP contribution in [0.5, 0.6) is 0 Å². The van der Waals surface area contributed by atoms with Crippen LogP contribution in [0, 0.1) is 0 Å². The van der Waals surface area contributed by atoms with E-state index in [1.54, 1.807) is 6.20 Å². The number of halogens is 1. The minimum Gasteiger partial charge on any atom is -0.465 e. The van der Waals surface area contributed by atoms with Crippen LogP contribution in [0.25, 0.3) is 21.9 Å². The molecule has 28 heavy (non-hydrogen) atoms. The summed E-state index contributed by atoms with van der Waals surface area (Å²) in [6, 6.07) is 5.95. The highest BCUT2D eigenvalue weighted by molar-refractivity contribution is 9.10. The van der Waals surface area contributed by atoms with Crippen molar-refractivity contribution in [2.45, 2.75) is 46.4 Å². The molecule has 2 aromatic heterocycles. The largest absolute Gasteiger partial charge is 0.465 e. The Labute approximate surface area is 172 Å². The molecule has 0 spiro atoms. The van der Waals surface area contributed by atoms with Gasteiger partial charge >= 0.3 is 6.09 Å². The molecular formula is C20H25BrN4O3. The van der Waals surface area contributed by atoms with Gasteiger partial charge in [-0.05, 0) is 45.9 Å². The van der Waals surface area contributed by atoms with Crippen molar-refractivity contribution >= 4 is 44.0 Å². The lowest BCUT2D eigenvalue weighted by atomic mass is 10.1. The Morgan fingerprint density at radius 3 is 2.71 bits per heavy atom. The van der Waals surface area contributed by atoms with E-state index in [1.165, 1.54) is 4.90 Å². The van der Waals surface area contributed by atoms with Crippen LogP contribution in [0.15, 0.2) is 28.9 Å². The van der Waals surface area contributed by atoms with Gasteiger partial charge in [-0.25, -0.2) is 9.78 Å². The minimum absolute atomic E-state index is 0.351. The second kappa shape index (κ2) is 8.05. The number of carboxylic acid groups (broad SMARTS) is 1. The third kappa shape index (κ3) is 4.12. The van der Waals surface area contributed by atoms with Crippen LogP contribution in [-0.4, -0.2) is 49.3 Å². The third-order valence-corrected chi connectivity index (χ3v) is 5.13. The molecule has 0 saturated heterocycles. The molecule has 0 radical (unpaired) electrons. The Kier molecular flexibility index (Phi) is 5.90. The molecule has 0 atom stereocenters. The van der Waals surface area contributed by atoms with E-state index in [2.05, 4.69) is 25.5 Å². The number of pyridine rings is 1. The fourth-order valence-corrected chi connectivity index (χ4v) is 3.65. The molecule has 0 saturated carbocycles. The van der Waals surface area contributed by atoms with E-state index < -0.39 is 11.6 Å². The van der Waals surface area contributed by atoms with Gasteiger partial charge in [0.15, 0.2) is 0 Å². The van der Waals surface area contributed by atoms with Gasteiger partial charge in [0.1, 0.15) is 17.9 Å². The summed E-state index contributed by atoms with van der Waals surface area (Å²) in [5.74, 6) is 0.772. The lowest BCUT2D eigenvalue weighted by Gasteiger charge is -2.33. The van der Waals surface area contributed by atoms with Crippen LogP contribution in [0.2, 0.25) is 0 Å². The number of hydrogen-bond donors (Lipinski definition) is 1. The average molecular weight is 449 g/mol. The van der Waals surface area contributed by atoms with Crippen LogP contribution in [-0.2, 0) is 17.9 Å². The lowest BCUT2D eigenvalue weighted by Crippen LogP contribution is -2.46. The van der Waals surface area contributed by atoms with Gasteiger partial charge in [0, 0.05) is 35.1 Å². The van der Waals surface area contributed by atoms with Crippen molar-refractivity contribution < 1.29 is 14.6 Å². The van der Waals surface area contributed by atoms with Crippen LogP contribution < -0.4 is 0 Å². The number of benzene rings is 1. The average Bonchev–Trinajstić information content (AvgIpc) is 2.96. The number of aromatic nitrogens is 3. The summed E-state index contributed by atoms with van der Waals surface area (Å²) in [6.07, 6.45) is 0.827. The van der Waals surface area contributed by atoms with Gasteiger partial charge in [0.25, 0.3) is 0 Å². The monoisotopic (exact) mass is 448 g/mol. The molecule has 1 aromatic carbocycles. The van der Waals surface area contributed by atoms with Gasteiger partial charge in [-0.3, -0.25) is 4.98 Å². The second-order valence-electron chi connectivity index (χ2n) is 7.58. The van der Waals surface area contributed by atoms with E-state index in [1.807, 2.05) is 45.9 Å². The first kappa shape index (κ1) is 20.5. The number of amides is 1. The fourth-order valence-electron chi connectivity index (χ4n) is 3.30. The van der Waals surface area contributed by atoms with Gasteiger partial charge in [0.05, 0.1) is 17.2 Å². The maximum Gasteiger partial charge on any atom is 0.407 e. The minimum atomic E-state index is -0.932. The Bertz CT molecular complexity index is 1010. The Balaban J connectivity index is 2.10. The number of hydrogen-bond acceptors (Lipinski definition) is 4. The van der Waals surface area contributed by atoms with Crippen LogP contribution in [0.4, 0.5) is 4.79 Å². The summed E-state index contributed by atoms with van der Waals surface area (Å²) in [5, 5.41) is 10.6. The molecule has 0 aliphatic heterocycles. The Morgan fingerprint density at radius 2 is 2.07 bits per heavy atom. The molecule has 2 heterocycles. The molecule has 3 aromatic rings. The zero-order chi connectivity index (χ0) is 20.5. The Morgan fingerprint density at radius 1 is 1.32 bits per heavy atom. The molecule has 7 nitrogen and oxygen atoms in total. The SMILES string of the molecule is CCOCc1nc2cnc3cc(Br)ccc3c2n1CCN(C(=O)O)C(C)(C)C. The fraction of sp³-hybridized carbons (Fsp3) is 0.450. The molecule has 1 amide bonds. The first-order valence-electron chi connectivity index (χ1n) is 9.24. The standard InChI is InChI=1S/C20H25BrN4O3/c1-5-28-12-17-23-16-11-22-15-10-13(21)6-7-14(15)18(16)24(17)8-9-25(19(26)27)20(2,3)4/h6-7,10-11H,5,8-9,12H2,1-4H3,(H,26,27). The smallest absolute Gasteiger partial charge is 0.407 e. The number of carbonyl (C=O) groups is 1. The van der Waals surface area contributed by atoms with Crippen molar-refractivity contribution in [1.29, 1.82) is 0 Å². The number of nitrogens with zero attached hydrogens (tertiary/aromatic N) is 4. The zero-order valence-corrected chi connectivity index (χ0v) is 18.2. The van der Waals surface area contributed by atoms with Crippen molar-refractivity contribution in [1.82, 2.24) is 19.4 Å². The van der Waals surface area contributed by atoms with Crippen molar-refractivity contribution in [3.63, 3.8) is 0 Å². The first-order valence-corrected chi connectivity index (χ1v) is 10.0. The van der Waals surface area contributed by atoms with Crippen molar-refractivity contribution in [3.8, 4) is 0 Å². The van der Waals surface area contributed by atoms with Gasteiger partial charge < -0.3 is 19.3 Å². The van der Waals surface area contributed by atoms with Crippen molar-refractivity contribution in [2.75, 3.05) is 13.2 Å². The van der Waals surface area contributed by atoms with Crippen molar-refractivity contribution in [2.24, 2.45) is 0 Å². The molecule has 3 rings (SSSR count). The number of rotatable bonds is 6. The number of fused-ring (bicyclic) bond motifs is 3. The predicted molar refractivity (Wildman–Crippen MR) is 113 cm³/mol. The van der Waals surface area contributed by atoms with Gasteiger partial charge in [-0.15, -0.1) is 0 Å². The molecule has 150 valence electrons. The molecule has 0 aliphatic rings. The molecular weight excluding hydrogens is 424 g/mol. The van der Waals surface area contributed by atoms with Gasteiger partial charge in [0.2, 0.25) is 0 Å². The summed E-state index contributed by atoms with van der Waals surface area (Å²) in [6.45, 7) is 9.40. The molecule has 0 aliphatic carbocycles. The zero-order valence-electron chi connectivity index (χ0n) is 16.6. The van der Waals surface area contributed by atoms with E-state index in [-0.39, 0.29) is 0 Å². The summed E-state index contributed by atoms with van der Waals surface area (Å²) in [4.78, 5) is 22.4. The van der Waals surface area contributed by atoms with E-state index in [4.69, 9.17) is 9.72 Å². The summed E-state index contributed by atoms with van der Waals surface area (Å²) >= 11 is 3.49. The molecule has 8 heteroatoms. The van der Waals surface area contributed by atoms with E-state index in [0.29, 0.717) is 26.3 Å². The predicted octanol–water partition coefficient (Wildman–Crippen LogP) is 4.66. The van der Waals surface area contributed by atoms with Gasteiger partial charge in [-0.2, -0.15) is 0 Å². The second-order valence-corrected chi connectivity index (χ2v) is 8.49. The van der Waals surface area contributed by atoms with Crippen molar-refractivity contribution in [3.05, 3.63) is 34.7 Å². The highest BCUT2D eigenvalue weighted by Gasteiger charge is 2.26. The van der Waals surface area contributed by atoms with E-state index in [0.717, 1.165) is 32.2 Å². The van der Waals surface area contributed by atoms with Crippen LogP contribution in [0.1, 0.15) is 33.5 Å². The highest BCUT2D eigenvalue weighted by Crippen LogP contribution is 2.27. The highest BCUT2D eigenvalue weighted by atomic mass is 79.9. The maximum atomic E-state index is 11.7. The molecule has 0 bridgehead atoms. The maximum absolute atomic E-state index is 11.7. The summed E-state index contributed by atoms with van der Waals surface area (Å²) < 4.78 is 8.62. The Hall–Kier alpha value is -2.19. The summed E-state index contributed by atoms with van der Waals surface area (Å²) in [7, 11) is 0. The number of ether oxygens (including phenoxy) is 1. The van der Waals surface area contributed by atoms with Crippen LogP contribution in [0.3, 0.4) is 0 Å². The van der Waals surface area contributed by atoms with E-state index in [9.17, 15) is 9.90 Å². The quantitative estimate of drug-likeness (QED) is 0.592. The van der Waals surface area contributed by atoms with Gasteiger partial charge in [-0.1, -0.05) is 15.9 Å². The summed E-state index contributed by atoms with van der Waals surface area (Å²) in [5.41, 5.74) is 2.10.